The molecule has 3 aliphatic rings. The number of hydrogen-bond donors (Lipinski definition) is 1. The first kappa shape index (κ1) is 18.7. The Bertz CT molecular complexity index is 633. The van der Waals surface area contributed by atoms with Crippen molar-refractivity contribution in [3.8, 4) is 0 Å². The normalized spacial score (nSPS) is 28.7. The predicted molar refractivity (Wildman–Crippen MR) is 111 cm³/mol. The number of piperazine rings is 1. The summed E-state index contributed by atoms with van der Waals surface area (Å²) in [5.74, 6) is 3.12. The topological polar surface area (TPSA) is 43.8 Å². The van der Waals surface area contributed by atoms with Crippen molar-refractivity contribution in [3.63, 3.8) is 0 Å². The Morgan fingerprint density at radius 2 is 2.04 bits per heavy atom. The lowest BCUT2D eigenvalue weighted by Gasteiger charge is -2.42. The highest BCUT2D eigenvalue weighted by Crippen LogP contribution is 2.46. The number of aryl methyl sites for hydroxylation is 1. The minimum atomic E-state index is 0.819. The Balaban J connectivity index is 1.29. The highest BCUT2D eigenvalue weighted by Gasteiger charge is 2.42. The quantitative estimate of drug-likeness (QED) is 0.640. The van der Waals surface area contributed by atoms with Crippen LogP contribution in [-0.4, -0.2) is 66.1 Å². The molecule has 0 spiro atoms. The molecule has 4 rings (SSSR count). The average Bonchev–Trinajstić information content (AvgIpc) is 3.33. The van der Waals surface area contributed by atoms with E-state index in [1.165, 1.54) is 44.3 Å². The maximum absolute atomic E-state index is 4.90. The van der Waals surface area contributed by atoms with Crippen LogP contribution in [0.1, 0.15) is 43.9 Å². The molecule has 1 N–H and O–H groups in total. The first-order valence-corrected chi connectivity index (χ1v) is 10.9. The molecule has 1 saturated heterocycles. The number of guanidine groups is 1. The molecule has 0 radical (unpaired) electrons. The second-order valence-electron chi connectivity index (χ2n) is 8.56. The molecule has 3 atom stereocenters. The fourth-order valence-electron chi connectivity index (χ4n) is 5.29. The standard InChI is InChI=1S/C22H35N5/c1-3-23-22(24-9-8-18-5-4-17(2)25-16-18)27-12-10-26(11-13-27)21-15-19-6-7-20(21)14-19/h4-5,16,19-21H,3,6-15H2,1-2H3,(H,23,24). The van der Waals surface area contributed by atoms with Gasteiger partial charge in [0.2, 0.25) is 0 Å². The van der Waals surface area contributed by atoms with Gasteiger partial charge in [-0.2, -0.15) is 0 Å². The third kappa shape index (κ3) is 4.45. The van der Waals surface area contributed by atoms with Gasteiger partial charge in [-0.05, 0) is 63.0 Å². The summed E-state index contributed by atoms with van der Waals surface area (Å²) in [6.07, 6.45) is 8.87. The first-order chi connectivity index (χ1) is 13.2. The predicted octanol–water partition coefficient (Wildman–Crippen LogP) is 2.70. The number of aromatic nitrogens is 1. The molecule has 5 heteroatoms. The fourth-order valence-corrected chi connectivity index (χ4v) is 5.29. The van der Waals surface area contributed by atoms with E-state index in [-0.39, 0.29) is 0 Å². The zero-order valence-electron chi connectivity index (χ0n) is 17.0. The highest BCUT2D eigenvalue weighted by molar-refractivity contribution is 5.80. The van der Waals surface area contributed by atoms with Gasteiger partial charge in [0.05, 0.1) is 0 Å². The van der Waals surface area contributed by atoms with E-state index in [1.807, 2.05) is 13.1 Å². The molecule has 3 fully saturated rings. The van der Waals surface area contributed by atoms with Gasteiger partial charge in [0.15, 0.2) is 5.96 Å². The van der Waals surface area contributed by atoms with Gasteiger partial charge in [0.1, 0.15) is 0 Å². The van der Waals surface area contributed by atoms with E-state index in [0.29, 0.717) is 0 Å². The van der Waals surface area contributed by atoms with Crippen LogP contribution in [0.4, 0.5) is 0 Å². The lowest BCUT2D eigenvalue weighted by atomic mass is 9.93. The second kappa shape index (κ2) is 8.59. The number of hydrogen-bond acceptors (Lipinski definition) is 3. The Kier molecular flexibility index (Phi) is 5.96. The molecule has 1 aromatic heterocycles. The van der Waals surface area contributed by atoms with Crippen molar-refractivity contribution in [2.45, 2.75) is 52.0 Å². The second-order valence-corrected chi connectivity index (χ2v) is 8.56. The number of nitrogens with one attached hydrogen (secondary N) is 1. The number of pyridine rings is 1. The Morgan fingerprint density at radius 3 is 2.67 bits per heavy atom. The third-order valence-electron chi connectivity index (χ3n) is 6.75. The Labute approximate surface area is 164 Å². The van der Waals surface area contributed by atoms with Gasteiger partial charge < -0.3 is 10.2 Å². The van der Waals surface area contributed by atoms with Crippen LogP contribution in [0.15, 0.2) is 23.3 Å². The maximum atomic E-state index is 4.90. The van der Waals surface area contributed by atoms with E-state index in [4.69, 9.17) is 4.99 Å². The van der Waals surface area contributed by atoms with Crippen LogP contribution in [0.3, 0.4) is 0 Å². The summed E-state index contributed by atoms with van der Waals surface area (Å²) in [4.78, 5) is 14.5. The van der Waals surface area contributed by atoms with E-state index in [9.17, 15) is 0 Å². The minimum Gasteiger partial charge on any atom is -0.357 e. The smallest absolute Gasteiger partial charge is 0.194 e. The molecule has 5 nitrogen and oxygen atoms in total. The van der Waals surface area contributed by atoms with Crippen LogP contribution >= 0.6 is 0 Å². The van der Waals surface area contributed by atoms with Gasteiger partial charge in [-0.25, -0.2) is 0 Å². The Morgan fingerprint density at radius 1 is 1.19 bits per heavy atom. The zero-order valence-corrected chi connectivity index (χ0v) is 17.0. The number of nitrogens with zero attached hydrogens (tertiary/aromatic N) is 4. The van der Waals surface area contributed by atoms with Gasteiger partial charge in [0.25, 0.3) is 0 Å². The zero-order chi connectivity index (χ0) is 18.6. The van der Waals surface area contributed by atoms with Crippen molar-refractivity contribution >= 4 is 5.96 Å². The SMILES string of the molecule is CCNC(=NCCc1ccc(C)nc1)N1CCN(C2CC3CCC2C3)CC1. The van der Waals surface area contributed by atoms with E-state index in [0.717, 1.165) is 62.1 Å². The molecule has 27 heavy (non-hydrogen) atoms. The molecule has 0 aromatic carbocycles. The van der Waals surface area contributed by atoms with Crippen molar-refractivity contribution in [3.05, 3.63) is 29.6 Å². The van der Waals surface area contributed by atoms with Crippen LogP contribution < -0.4 is 5.32 Å². The molecule has 148 valence electrons. The van der Waals surface area contributed by atoms with E-state index < -0.39 is 0 Å². The lowest BCUT2D eigenvalue weighted by molar-refractivity contribution is 0.0958. The molecule has 2 bridgehead atoms. The molecule has 1 aromatic rings. The first-order valence-electron chi connectivity index (χ1n) is 10.9. The van der Waals surface area contributed by atoms with Gasteiger partial charge >= 0.3 is 0 Å². The minimum absolute atomic E-state index is 0.819. The van der Waals surface area contributed by atoms with Crippen LogP contribution in [0.2, 0.25) is 0 Å². The molecular formula is C22H35N5. The number of fused-ring (bicyclic) bond motifs is 2. The van der Waals surface area contributed by atoms with Crippen molar-refractivity contribution < 1.29 is 0 Å². The largest absolute Gasteiger partial charge is 0.357 e. The average molecular weight is 370 g/mol. The molecule has 3 unspecified atom stereocenters. The summed E-state index contributed by atoms with van der Waals surface area (Å²) in [7, 11) is 0. The van der Waals surface area contributed by atoms with Crippen molar-refractivity contribution in [2.24, 2.45) is 16.8 Å². The molecular weight excluding hydrogens is 334 g/mol. The van der Waals surface area contributed by atoms with Crippen molar-refractivity contribution in [2.75, 3.05) is 39.3 Å². The van der Waals surface area contributed by atoms with Crippen LogP contribution in [-0.2, 0) is 6.42 Å². The van der Waals surface area contributed by atoms with Crippen LogP contribution in [0.25, 0.3) is 0 Å². The van der Waals surface area contributed by atoms with E-state index in [2.05, 4.69) is 39.2 Å². The highest BCUT2D eigenvalue weighted by atomic mass is 15.4. The molecule has 1 aliphatic heterocycles. The number of rotatable bonds is 5. The van der Waals surface area contributed by atoms with Crippen LogP contribution in [0.5, 0.6) is 0 Å². The van der Waals surface area contributed by atoms with Gasteiger partial charge in [-0.3, -0.25) is 14.9 Å². The van der Waals surface area contributed by atoms with Crippen LogP contribution in [0, 0.1) is 18.8 Å². The Hall–Kier alpha value is -1.62. The summed E-state index contributed by atoms with van der Waals surface area (Å²) in [6, 6.07) is 5.12. The molecule has 2 saturated carbocycles. The van der Waals surface area contributed by atoms with E-state index >= 15 is 0 Å². The van der Waals surface area contributed by atoms with Gasteiger partial charge in [-0.1, -0.05) is 12.5 Å². The van der Waals surface area contributed by atoms with Crippen molar-refractivity contribution in [1.82, 2.24) is 20.1 Å². The molecule has 2 aliphatic carbocycles. The van der Waals surface area contributed by atoms with Gasteiger partial charge in [-0.15, -0.1) is 0 Å². The summed E-state index contributed by atoms with van der Waals surface area (Å²) >= 11 is 0. The molecule has 0 amide bonds. The summed E-state index contributed by atoms with van der Waals surface area (Å²) < 4.78 is 0. The summed E-state index contributed by atoms with van der Waals surface area (Å²) in [5, 5.41) is 3.50. The summed E-state index contributed by atoms with van der Waals surface area (Å²) in [6.45, 7) is 10.5. The van der Waals surface area contributed by atoms with Crippen molar-refractivity contribution in [1.29, 1.82) is 0 Å². The number of aliphatic imine (C=N–C) groups is 1. The maximum Gasteiger partial charge on any atom is 0.194 e. The third-order valence-corrected chi connectivity index (χ3v) is 6.75. The fraction of sp³-hybridized carbons (Fsp3) is 0.727. The van der Waals surface area contributed by atoms with Gasteiger partial charge in [0, 0.05) is 57.2 Å². The summed E-state index contributed by atoms with van der Waals surface area (Å²) in [5.41, 5.74) is 2.34. The van der Waals surface area contributed by atoms with E-state index in [1.54, 1.807) is 0 Å². The monoisotopic (exact) mass is 369 g/mol. The lowest BCUT2D eigenvalue weighted by Crippen LogP contribution is -2.55. The molecule has 2 heterocycles.